The summed E-state index contributed by atoms with van der Waals surface area (Å²) >= 11 is 0. The van der Waals surface area contributed by atoms with Crippen LogP contribution in [0.5, 0.6) is 5.75 Å². The molecule has 1 saturated heterocycles. The van der Waals surface area contributed by atoms with E-state index in [0.29, 0.717) is 12.2 Å². The molecule has 1 aliphatic heterocycles. The molecule has 1 atom stereocenters. The molecule has 3 rings (SSSR count). The second-order valence-corrected chi connectivity index (χ2v) is 5.39. The predicted molar refractivity (Wildman–Crippen MR) is 82.1 cm³/mol. The summed E-state index contributed by atoms with van der Waals surface area (Å²) in [5, 5.41) is 6.90. The number of amides is 1. The Balaban J connectivity index is 1.63. The molecular formula is C16H18FN3O3. The average Bonchev–Trinajstić information content (AvgIpc) is 3.20. The first-order valence-corrected chi connectivity index (χ1v) is 7.44. The molecule has 23 heavy (non-hydrogen) atoms. The first kappa shape index (κ1) is 15.5. The van der Waals surface area contributed by atoms with Crippen LogP contribution in [0.25, 0.3) is 0 Å². The molecule has 0 aliphatic carbocycles. The lowest BCUT2D eigenvalue weighted by molar-refractivity contribution is 0.0940. The van der Waals surface area contributed by atoms with Gasteiger partial charge in [-0.15, -0.1) is 0 Å². The number of ether oxygens (including phenoxy) is 2. The van der Waals surface area contributed by atoms with Crippen LogP contribution in [0.4, 0.5) is 10.1 Å². The lowest BCUT2D eigenvalue weighted by Crippen LogP contribution is -2.15. The number of nitrogens with zero attached hydrogens (tertiary/aromatic N) is 2. The van der Waals surface area contributed by atoms with Crippen molar-refractivity contribution in [3.05, 3.63) is 42.0 Å². The Morgan fingerprint density at radius 1 is 1.57 bits per heavy atom. The minimum atomic E-state index is -0.575. The summed E-state index contributed by atoms with van der Waals surface area (Å²) < 4.78 is 25.8. The third-order valence-electron chi connectivity index (χ3n) is 3.72. The van der Waals surface area contributed by atoms with Gasteiger partial charge in [-0.05, 0) is 31.0 Å². The number of benzene rings is 1. The zero-order valence-corrected chi connectivity index (χ0v) is 12.8. The fourth-order valence-corrected chi connectivity index (χ4v) is 2.54. The highest BCUT2D eigenvalue weighted by atomic mass is 19.1. The molecule has 1 amide bonds. The van der Waals surface area contributed by atoms with Crippen LogP contribution in [0.1, 0.15) is 23.2 Å². The van der Waals surface area contributed by atoms with Crippen LogP contribution < -0.4 is 10.1 Å². The van der Waals surface area contributed by atoms with Gasteiger partial charge in [-0.1, -0.05) is 0 Å². The Labute approximate surface area is 133 Å². The van der Waals surface area contributed by atoms with E-state index < -0.39 is 11.7 Å². The molecule has 7 heteroatoms. The van der Waals surface area contributed by atoms with E-state index in [2.05, 4.69) is 10.4 Å². The number of anilines is 1. The van der Waals surface area contributed by atoms with Gasteiger partial charge in [-0.25, -0.2) is 4.39 Å². The first-order chi connectivity index (χ1) is 11.2. The summed E-state index contributed by atoms with van der Waals surface area (Å²) in [4.78, 5) is 12.1. The van der Waals surface area contributed by atoms with E-state index >= 15 is 0 Å². The third-order valence-corrected chi connectivity index (χ3v) is 3.72. The highest BCUT2D eigenvalue weighted by Crippen LogP contribution is 2.19. The molecule has 2 heterocycles. The van der Waals surface area contributed by atoms with Crippen molar-refractivity contribution in [2.24, 2.45) is 0 Å². The van der Waals surface area contributed by atoms with Gasteiger partial charge in [0.1, 0.15) is 0 Å². The van der Waals surface area contributed by atoms with Crippen molar-refractivity contribution in [2.75, 3.05) is 19.0 Å². The Hall–Kier alpha value is -2.41. The molecule has 122 valence electrons. The number of methoxy groups -OCH3 is 1. The molecule has 0 radical (unpaired) electrons. The molecule has 1 unspecified atom stereocenters. The van der Waals surface area contributed by atoms with Gasteiger partial charge < -0.3 is 14.8 Å². The largest absolute Gasteiger partial charge is 0.494 e. The van der Waals surface area contributed by atoms with E-state index in [9.17, 15) is 9.18 Å². The summed E-state index contributed by atoms with van der Waals surface area (Å²) in [7, 11) is 1.38. The summed E-state index contributed by atoms with van der Waals surface area (Å²) in [6, 6.07) is 4.07. The van der Waals surface area contributed by atoms with Crippen molar-refractivity contribution in [3.63, 3.8) is 0 Å². The number of aromatic nitrogens is 2. The van der Waals surface area contributed by atoms with Gasteiger partial charge in [0.25, 0.3) is 5.91 Å². The Morgan fingerprint density at radius 2 is 2.43 bits per heavy atom. The van der Waals surface area contributed by atoms with E-state index in [1.165, 1.54) is 19.2 Å². The lowest BCUT2D eigenvalue weighted by atomic mass is 10.2. The van der Waals surface area contributed by atoms with Crippen molar-refractivity contribution < 1.29 is 18.7 Å². The first-order valence-electron chi connectivity index (χ1n) is 7.44. The zero-order valence-electron chi connectivity index (χ0n) is 12.8. The maximum Gasteiger partial charge on any atom is 0.255 e. The van der Waals surface area contributed by atoms with Crippen LogP contribution in [0.2, 0.25) is 0 Å². The van der Waals surface area contributed by atoms with Gasteiger partial charge in [0, 0.05) is 18.4 Å². The van der Waals surface area contributed by atoms with Crippen LogP contribution >= 0.6 is 0 Å². The molecule has 1 aromatic carbocycles. The van der Waals surface area contributed by atoms with Crippen molar-refractivity contribution in [1.82, 2.24) is 9.78 Å². The van der Waals surface area contributed by atoms with Crippen molar-refractivity contribution in [1.29, 1.82) is 0 Å². The molecule has 0 bridgehead atoms. The maximum atomic E-state index is 13.6. The third kappa shape index (κ3) is 3.68. The second kappa shape index (κ2) is 6.78. The fourth-order valence-electron chi connectivity index (χ4n) is 2.54. The van der Waals surface area contributed by atoms with Gasteiger partial charge in [0.05, 0.1) is 31.6 Å². The number of carbonyl (C=O) groups is 1. The minimum Gasteiger partial charge on any atom is -0.494 e. The summed E-state index contributed by atoms with van der Waals surface area (Å²) in [5.41, 5.74) is 0.777. The monoisotopic (exact) mass is 319 g/mol. The molecule has 1 aromatic heterocycles. The van der Waals surface area contributed by atoms with Gasteiger partial charge in [0.15, 0.2) is 11.6 Å². The van der Waals surface area contributed by atoms with Gasteiger partial charge in [-0.3, -0.25) is 9.48 Å². The quantitative estimate of drug-likeness (QED) is 0.919. The normalized spacial score (nSPS) is 17.2. The van der Waals surface area contributed by atoms with Crippen LogP contribution in [0.3, 0.4) is 0 Å². The Morgan fingerprint density at radius 3 is 3.13 bits per heavy atom. The van der Waals surface area contributed by atoms with Crippen molar-refractivity contribution in [2.45, 2.75) is 25.5 Å². The summed E-state index contributed by atoms with van der Waals surface area (Å²) in [6.07, 6.45) is 5.56. The van der Waals surface area contributed by atoms with Crippen LogP contribution in [-0.2, 0) is 11.3 Å². The highest BCUT2D eigenvalue weighted by molar-refractivity contribution is 6.04. The van der Waals surface area contributed by atoms with Crippen LogP contribution in [-0.4, -0.2) is 35.5 Å². The number of nitrogens with one attached hydrogen (secondary N) is 1. The highest BCUT2D eigenvalue weighted by Gasteiger charge is 2.17. The number of halogens is 1. The molecule has 6 nitrogen and oxygen atoms in total. The molecule has 0 saturated carbocycles. The molecule has 1 aliphatic rings. The van der Waals surface area contributed by atoms with E-state index in [-0.39, 0.29) is 17.4 Å². The Bertz CT molecular complexity index is 696. The van der Waals surface area contributed by atoms with Gasteiger partial charge in [0.2, 0.25) is 0 Å². The number of rotatable bonds is 5. The number of hydrogen-bond acceptors (Lipinski definition) is 4. The van der Waals surface area contributed by atoms with Crippen LogP contribution in [0, 0.1) is 5.82 Å². The SMILES string of the molecule is COc1ccc(C(=O)Nc2cnn(CC3CCCO3)c2)cc1F. The Kier molecular flexibility index (Phi) is 4.57. The maximum absolute atomic E-state index is 13.6. The van der Waals surface area contributed by atoms with E-state index in [0.717, 1.165) is 25.5 Å². The zero-order chi connectivity index (χ0) is 16.2. The minimum absolute atomic E-state index is 0.103. The summed E-state index contributed by atoms with van der Waals surface area (Å²) in [5.74, 6) is -0.872. The average molecular weight is 319 g/mol. The molecule has 0 spiro atoms. The fraction of sp³-hybridized carbons (Fsp3) is 0.375. The smallest absolute Gasteiger partial charge is 0.255 e. The lowest BCUT2D eigenvalue weighted by Gasteiger charge is -2.08. The van der Waals surface area contributed by atoms with Crippen molar-refractivity contribution in [3.8, 4) is 5.75 Å². The molecule has 2 aromatic rings. The van der Waals surface area contributed by atoms with E-state index in [1.54, 1.807) is 17.1 Å². The molecule has 1 N–H and O–H groups in total. The predicted octanol–water partition coefficient (Wildman–Crippen LogP) is 2.46. The van der Waals surface area contributed by atoms with Crippen LogP contribution in [0.15, 0.2) is 30.6 Å². The van der Waals surface area contributed by atoms with Gasteiger partial charge in [-0.2, -0.15) is 5.10 Å². The summed E-state index contributed by atoms with van der Waals surface area (Å²) in [6.45, 7) is 1.45. The van der Waals surface area contributed by atoms with Crippen molar-refractivity contribution >= 4 is 11.6 Å². The standard InChI is InChI=1S/C16H18FN3O3/c1-22-15-5-4-11(7-14(15)17)16(21)19-12-8-18-20(9-12)10-13-3-2-6-23-13/h4-5,7-9,13H,2-3,6,10H2,1H3,(H,19,21). The second-order valence-electron chi connectivity index (χ2n) is 5.39. The number of hydrogen-bond donors (Lipinski definition) is 1. The number of carbonyl (C=O) groups excluding carboxylic acids is 1. The van der Waals surface area contributed by atoms with E-state index in [4.69, 9.17) is 9.47 Å². The van der Waals surface area contributed by atoms with Gasteiger partial charge >= 0.3 is 0 Å². The molecule has 1 fully saturated rings. The topological polar surface area (TPSA) is 65.4 Å². The molecular weight excluding hydrogens is 301 g/mol. The van der Waals surface area contributed by atoms with E-state index in [1.807, 2.05) is 0 Å².